The van der Waals surface area contributed by atoms with Crippen LogP contribution in [0, 0.1) is 11.8 Å². The van der Waals surface area contributed by atoms with Gasteiger partial charge in [0.05, 0.1) is 5.92 Å². The first kappa shape index (κ1) is 12.9. The van der Waals surface area contributed by atoms with Gasteiger partial charge < -0.3 is 5.11 Å². The minimum absolute atomic E-state index is 0.199. The summed E-state index contributed by atoms with van der Waals surface area (Å²) in [5.41, 5.74) is 1.05. The summed E-state index contributed by atoms with van der Waals surface area (Å²) in [4.78, 5) is 11.1. The van der Waals surface area contributed by atoms with E-state index in [0.29, 0.717) is 0 Å². The van der Waals surface area contributed by atoms with Gasteiger partial charge in [-0.3, -0.25) is 4.79 Å². The van der Waals surface area contributed by atoms with E-state index in [4.69, 9.17) is 16.7 Å². The summed E-state index contributed by atoms with van der Waals surface area (Å²) in [5.74, 6) is -0.637. The zero-order chi connectivity index (χ0) is 12.4. The lowest BCUT2D eigenvalue weighted by atomic mass is 9.90. The molecule has 0 spiro atoms. The first-order valence-corrected chi connectivity index (χ1v) is 6.91. The summed E-state index contributed by atoms with van der Waals surface area (Å²) >= 11 is 9.52. The van der Waals surface area contributed by atoms with Crippen LogP contribution in [0.4, 0.5) is 0 Å². The Morgan fingerprint density at radius 1 is 1.47 bits per heavy atom. The van der Waals surface area contributed by atoms with Crippen LogP contribution in [0.25, 0.3) is 0 Å². The van der Waals surface area contributed by atoms with Gasteiger partial charge in [0.25, 0.3) is 0 Å². The smallest absolute Gasteiger partial charge is 0.306 e. The van der Waals surface area contributed by atoms with Crippen molar-refractivity contribution in [3.05, 3.63) is 33.3 Å². The van der Waals surface area contributed by atoms with Crippen molar-refractivity contribution >= 4 is 33.5 Å². The molecule has 0 aromatic heterocycles. The van der Waals surface area contributed by atoms with Crippen LogP contribution in [-0.4, -0.2) is 11.1 Å². The molecule has 1 aromatic rings. The highest BCUT2D eigenvalue weighted by molar-refractivity contribution is 9.10. The zero-order valence-electron chi connectivity index (χ0n) is 9.33. The first-order chi connectivity index (χ1) is 8.08. The van der Waals surface area contributed by atoms with Gasteiger partial charge in [-0.2, -0.15) is 0 Å². The molecule has 1 aliphatic rings. The van der Waals surface area contributed by atoms with Crippen molar-refractivity contribution in [3.8, 4) is 0 Å². The van der Waals surface area contributed by atoms with Gasteiger partial charge in [-0.1, -0.05) is 40.0 Å². The standard InChI is InChI=1S/C13H14BrClO2/c14-10-5-4-9(12(15)7-10)6-8-2-1-3-11(8)13(16)17/h4-5,7-8,11H,1-3,6H2,(H,16,17). The van der Waals surface area contributed by atoms with E-state index < -0.39 is 5.97 Å². The predicted molar refractivity (Wildman–Crippen MR) is 71.3 cm³/mol. The molecule has 0 aliphatic heterocycles. The van der Waals surface area contributed by atoms with Crippen molar-refractivity contribution in [3.63, 3.8) is 0 Å². The van der Waals surface area contributed by atoms with Gasteiger partial charge in [-0.25, -0.2) is 0 Å². The Hall–Kier alpha value is -0.540. The quantitative estimate of drug-likeness (QED) is 0.909. The number of hydrogen-bond donors (Lipinski definition) is 1. The number of hydrogen-bond acceptors (Lipinski definition) is 1. The van der Waals surface area contributed by atoms with Gasteiger partial charge in [0, 0.05) is 9.50 Å². The topological polar surface area (TPSA) is 37.3 Å². The third-order valence-corrected chi connectivity index (χ3v) is 4.32. The fourth-order valence-corrected chi connectivity index (χ4v) is 3.33. The van der Waals surface area contributed by atoms with Gasteiger partial charge in [-0.15, -0.1) is 0 Å². The molecule has 2 nitrogen and oxygen atoms in total. The monoisotopic (exact) mass is 316 g/mol. The third kappa shape index (κ3) is 3.02. The van der Waals surface area contributed by atoms with E-state index in [2.05, 4.69) is 15.9 Å². The van der Waals surface area contributed by atoms with Crippen molar-refractivity contribution in [2.24, 2.45) is 11.8 Å². The fourth-order valence-electron chi connectivity index (χ4n) is 2.58. The number of carbonyl (C=O) groups is 1. The third-order valence-electron chi connectivity index (χ3n) is 3.47. The highest BCUT2D eigenvalue weighted by atomic mass is 79.9. The molecule has 1 aromatic carbocycles. The molecule has 2 rings (SSSR count). The average Bonchev–Trinajstić information content (AvgIpc) is 2.70. The lowest BCUT2D eigenvalue weighted by Crippen LogP contribution is -2.20. The lowest BCUT2D eigenvalue weighted by Gasteiger charge is -2.16. The van der Waals surface area contributed by atoms with Gasteiger partial charge >= 0.3 is 5.97 Å². The van der Waals surface area contributed by atoms with Crippen molar-refractivity contribution in [2.75, 3.05) is 0 Å². The molecule has 1 fully saturated rings. The highest BCUT2D eigenvalue weighted by Gasteiger charge is 2.32. The van der Waals surface area contributed by atoms with Gasteiger partial charge in [0.2, 0.25) is 0 Å². The maximum Gasteiger partial charge on any atom is 0.306 e. The second kappa shape index (κ2) is 5.40. The molecular weight excluding hydrogens is 303 g/mol. The van der Waals surface area contributed by atoms with Gasteiger partial charge in [0.15, 0.2) is 0 Å². The molecule has 0 radical (unpaired) electrons. The molecule has 1 aliphatic carbocycles. The summed E-state index contributed by atoms with van der Waals surface area (Å²) in [6.45, 7) is 0. The molecule has 17 heavy (non-hydrogen) atoms. The lowest BCUT2D eigenvalue weighted by molar-refractivity contribution is -0.142. The van der Waals surface area contributed by atoms with E-state index in [0.717, 1.165) is 40.7 Å². The summed E-state index contributed by atoms with van der Waals surface area (Å²) in [6.07, 6.45) is 3.57. The van der Waals surface area contributed by atoms with Crippen molar-refractivity contribution in [1.82, 2.24) is 0 Å². The molecule has 0 heterocycles. The van der Waals surface area contributed by atoms with E-state index in [9.17, 15) is 4.79 Å². The maximum absolute atomic E-state index is 11.1. The Bertz CT molecular complexity index is 433. The Morgan fingerprint density at radius 2 is 2.24 bits per heavy atom. The number of halogens is 2. The van der Waals surface area contributed by atoms with Crippen LogP contribution in [-0.2, 0) is 11.2 Å². The van der Waals surface area contributed by atoms with Crippen molar-refractivity contribution < 1.29 is 9.90 Å². The Morgan fingerprint density at radius 3 is 2.88 bits per heavy atom. The second-order valence-electron chi connectivity index (χ2n) is 4.58. The number of aliphatic carboxylic acids is 1. The van der Waals surface area contributed by atoms with Crippen LogP contribution >= 0.6 is 27.5 Å². The van der Waals surface area contributed by atoms with Crippen LogP contribution in [0.15, 0.2) is 22.7 Å². The van der Waals surface area contributed by atoms with Crippen LogP contribution < -0.4 is 0 Å². The molecule has 0 saturated heterocycles. The van der Waals surface area contributed by atoms with E-state index in [1.165, 1.54) is 0 Å². The van der Waals surface area contributed by atoms with Crippen LogP contribution in [0.1, 0.15) is 24.8 Å². The molecule has 0 bridgehead atoms. The molecule has 2 atom stereocenters. The Kier molecular flexibility index (Phi) is 4.10. The SMILES string of the molecule is O=C(O)C1CCCC1Cc1ccc(Br)cc1Cl. The van der Waals surface area contributed by atoms with E-state index in [1.807, 2.05) is 18.2 Å². The van der Waals surface area contributed by atoms with E-state index in [-0.39, 0.29) is 11.8 Å². The molecule has 1 N–H and O–H groups in total. The second-order valence-corrected chi connectivity index (χ2v) is 5.90. The minimum Gasteiger partial charge on any atom is -0.481 e. The van der Waals surface area contributed by atoms with Crippen LogP contribution in [0.5, 0.6) is 0 Å². The largest absolute Gasteiger partial charge is 0.481 e. The molecule has 92 valence electrons. The van der Waals surface area contributed by atoms with E-state index >= 15 is 0 Å². The van der Waals surface area contributed by atoms with Crippen molar-refractivity contribution in [1.29, 1.82) is 0 Å². The summed E-state index contributed by atoms with van der Waals surface area (Å²) < 4.78 is 0.951. The van der Waals surface area contributed by atoms with Gasteiger partial charge in [0.1, 0.15) is 0 Å². The predicted octanol–water partition coefficient (Wildman–Crippen LogP) is 4.15. The molecular formula is C13H14BrClO2. The minimum atomic E-state index is -0.666. The maximum atomic E-state index is 11.1. The fraction of sp³-hybridized carbons (Fsp3) is 0.462. The van der Waals surface area contributed by atoms with Crippen LogP contribution in [0.2, 0.25) is 5.02 Å². The number of benzene rings is 1. The average molecular weight is 318 g/mol. The molecule has 4 heteroatoms. The van der Waals surface area contributed by atoms with Gasteiger partial charge in [-0.05, 0) is 42.9 Å². The highest BCUT2D eigenvalue weighted by Crippen LogP contribution is 2.36. The Labute approximate surface area is 114 Å². The number of rotatable bonds is 3. The summed E-state index contributed by atoms with van der Waals surface area (Å²) in [5, 5.41) is 9.85. The van der Waals surface area contributed by atoms with Crippen LogP contribution in [0.3, 0.4) is 0 Å². The zero-order valence-corrected chi connectivity index (χ0v) is 11.7. The number of carboxylic acid groups (broad SMARTS) is 1. The molecule has 2 unspecified atom stereocenters. The first-order valence-electron chi connectivity index (χ1n) is 5.74. The Balaban J connectivity index is 2.12. The summed E-state index contributed by atoms with van der Waals surface area (Å²) in [6, 6.07) is 5.79. The normalized spacial score (nSPS) is 23.9. The summed E-state index contributed by atoms with van der Waals surface area (Å²) in [7, 11) is 0. The van der Waals surface area contributed by atoms with Crippen molar-refractivity contribution in [2.45, 2.75) is 25.7 Å². The molecule has 0 amide bonds. The molecule has 1 saturated carbocycles. The van der Waals surface area contributed by atoms with E-state index in [1.54, 1.807) is 0 Å². The number of carboxylic acids is 1.